The highest BCUT2D eigenvalue weighted by Gasteiger charge is 2.37. The van der Waals surface area contributed by atoms with Crippen molar-refractivity contribution in [1.82, 2.24) is 9.88 Å². The number of halogens is 2. The van der Waals surface area contributed by atoms with Gasteiger partial charge >= 0.3 is 0 Å². The highest BCUT2D eigenvalue weighted by molar-refractivity contribution is 6.30. The van der Waals surface area contributed by atoms with Crippen LogP contribution in [0.2, 0.25) is 5.02 Å². The number of rotatable bonds is 4. The number of aliphatic hydroxyl groups excluding tert-OH is 1. The van der Waals surface area contributed by atoms with Crippen LogP contribution < -0.4 is 0 Å². The molecular formula is C22H22ClFN2O2. The number of nitrogens with one attached hydrogen (secondary N) is 1. The summed E-state index contributed by atoms with van der Waals surface area (Å²) in [6.07, 6.45) is 2.32. The topological polar surface area (TPSA) is 56.3 Å². The van der Waals surface area contributed by atoms with Gasteiger partial charge in [-0.2, -0.15) is 0 Å². The van der Waals surface area contributed by atoms with E-state index in [1.165, 1.54) is 12.1 Å². The molecule has 4 nitrogen and oxygen atoms in total. The normalized spacial score (nSPS) is 19.9. The minimum Gasteiger partial charge on any atom is -0.396 e. The molecule has 1 amide bonds. The first-order valence-corrected chi connectivity index (χ1v) is 9.79. The molecule has 1 saturated heterocycles. The van der Waals surface area contributed by atoms with Crippen molar-refractivity contribution in [3.05, 3.63) is 70.6 Å². The molecule has 4 rings (SSSR count). The van der Waals surface area contributed by atoms with Crippen molar-refractivity contribution in [2.45, 2.75) is 19.3 Å². The van der Waals surface area contributed by atoms with Gasteiger partial charge in [0, 0.05) is 34.4 Å². The monoisotopic (exact) mass is 400 g/mol. The van der Waals surface area contributed by atoms with Gasteiger partial charge in [-0.05, 0) is 61.2 Å². The highest BCUT2D eigenvalue weighted by atomic mass is 35.5. The zero-order chi connectivity index (χ0) is 19.7. The molecule has 0 radical (unpaired) electrons. The van der Waals surface area contributed by atoms with Crippen LogP contribution in [0.25, 0.3) is 10.9 Å². The summed E-state index contributed by atoms with van der Waals surface area (Å²) in [7, 11) is 0. The Morgan fingerprint density at radius 2 is 2.11 bits per heavy atom. The Bertz CT molecular complexity index is 1020. The lowest BCUT2D eigenvalue weighted by Crippen LogP contribution is -2.49. The Hall–Kier alpha value is -2.37. The number of carbonyl (C=O) groups excluding carboxylic acids is 1. The molecular weight excluding hydrogens is 379 g/mol. The lowest BCUT2D eigenvalue weighted by molar-refractivity contribution is 0.0268. The maximum atomic E-state index is 13.4. The van der Waals surface area contributed by atoms with Crippen LogP contribution in [0.4, 0.5) is 4.39 Å². The number of amides is 1. The molecule has 0 bridgehead atoms. The number of aromatic amines is 1. The minimum absolute atomic E-state index is 0.00120. The van der Waals surface area contributed by atoms with Crippen LogP contribution >= 0.6 is 11.6 Å². The Balaban J connectivity index is 1.56. The average Bonchev–Trinajstić information content (AvgIpc) is 3.10. The van der Waals surface area contributed by atoms with E-state index in [9.17, 15) is 14.3 Å². The van der Waals surface area contributed by atoms with E-state index in [1.807, 2.05) is 24.3 Å². The van der Waals surface area contributed by atoms with Gasteiger partial charge in [-0.25, -0.2) is 4.39 Å². The fourth-order valence-corrected chi connectivity index (χ4v) is 4.39. The highest BCUT2D eigenvalue weighted by Crippen LogP contribution is 2.34. The summed E-state index contributed by atoms with van der Waals surface area (Å²) in [6, 6.07) is 13.7. The van der Waals surface area contributed by atoms with E-state index < -0.39 is 5.41 Å². The lowest BCUT2D eigenvalue weighted by Gasteiger charge is -2.42. The van der Waals surface area contributed by atoms with E-state index >= 15 is 0 Å². The summed E-state index contributed by atoms with van der Waals surface area (Å²) in [5.74, 6) is -0.454. The van der Waals surface area contributed by atoms with Crippen LogP contribution in [0.15, 0.2) is 48.5 Å². The fourth-order valence-electron chi connectivity index (χ4n) is 4.18. The van der Waals surface area contributed by atoms with Gasteiger partial charge in [0.05, 0.1) is 6.61 Å². The van der Waals surface area contributed by atoms with Crippen molar-refractivity contribution in [3.8, 4) is 0 Å². The van der Waals surface area contributed by atoms with Crippen molar-refractivity contribution >= 4 is 28.4 Å². The van der Waals surface area contributed by atoms with E-state index in [2.05, 4.69) is 4.98 Å². The number of aliphatic hydroxyl groups is 1. The number of H-pyrrole nitrogens is 1. The molecule has 1 aliphatic heterocycles. The molecule has 2 N–H and O–H groups in total. The van der Waals surface area contributed by atoms with Gasteiger partial charge in [0.25, 0.3) is 5.91 Å². The molecule has 0 saturated carbocycles. The third kappa shape index (κ3) is 3.77. The van der Waals surface area contributed by atoms with E-state index in [-0.39, 0.29) is 18.3 Å². The number of hydrogen-bond donors (Lipinski definition) is 2. The molecule has 0 unspecified atom stereocenters. The number of benzene rings is 2. The van der Waals surface area contributed by atoms with Crippen LogP contribution in [0.5, 0.6) is 0 Å². The number of nitrogens with zero attached hydrogens (tertiary/aromatic N) is 1. The number of hydrogen-bond acceptors (Lipinski definition) is 2. The molecule has 2 aromatic carbocycles. The maximum Gasteiger partial charge on any atom is 0.270 e. The molecule has 2 heterocycles. The van der Waals surface area contributed by atoms with Crippen LogP contribution in [0, 0.1) is 11.2 Å². The third-order valence-electron chi connectivity index (χ3n) is 5.57. The summed E-state index contributed by atoms with van der Waals surface area (Å²) >= 11 is 6.10. The lowest BCUT2D eigenvalue weighted by atomic mass is 9.75. The van der Waals surface area contributed by atoms with E-state index in [0.29, 0.717) is 35.6 Å². The van der Waals surface area contributed by atoms with Crippen molar-refractivity contribution in [2.24, 2.45) is 5.41 Å². The first kappa shape index (κ1) is 19.0. The number of piperidine rings is 1. The van der Waals surface area contributed by atoms with Crippen LogP contribution in [-0.4, -0.2) is 40.6 Å². The second-order valence-corrected chi connectivity index (χ2v) is 8.15. The molecule has 6 heteroatoms. The number of aromatic nitrogens is 1. The summed E-state index contributed by atoms with van der Waals surface area (Å²) in [5, 5.41) is 11.5. The predicted octanol–water partition coefficient (Wildman–Crippen LogP) is 4.42. The van der Waals surface area contributed by atoms with Gasteiger partial charge in [-0.15, -0.1) is 0 Å². The minimum atomic E-state index is -0.392. The van der Waals surface area contributed by atoms with Gasteiger partial charge < -0.3 is 15.0 Å². The van der Waals surface area contributed by atoms with Crippen molar-refractivity contribution in [3.63, 3.8) is 0 Å². The Labute approximate surface area is 167 Å². The van der Waals surface area contributed by atoms with Gasteiger partial charge in [0.1, 0.15) is 11.5 Å². The molecule has 3 aromatic rings. The Morgan fingerprint density at radius 3 is 2.89 bits per heavy atom. The van der Waals surface area contributed by atoms with Crippen molar-refractivity contribution < 1.29 is 14.3 Å². The number of likely N-dealkylation sites (tertiary alicyclic amines) is 1. The van der Waals surface area contributed by atoms with E-state index in [0.717, 1.165) is 23.9 Å². The van der Waals surface area contributed by atoms with Gasteiger partial charge in [0.15, 0.2) is 0 Å². The summed E-state index contributed by atoms with van der Waals surface area (Å²) in [6.45, 7) is 1.11. The molecule has 0 spiro atoms. The number of carbonyl (C=O) groups is 1. The van der Waals surface area contributed by atoms with Crippen LogP contribution in [0.3, 0.4) is 0 Å². The average molecular weight is 401 g/mol. The van der Waals surface area contributed by atoms with Crippen molar-refractivity contribution in [2.75, 3.05) is 19.7 Å². The number of fused-ring (bicyclic) bond motifs is 1. The van der Waals surface area contributed by atoms with Crippen molar-refractivity contribution in [1.29, 1.82) is 0 Å². The zero-order valence-corrected chi connectivity index (χ0v) is 16.2. The summed E-state index contributed by atoms with van der Waals surface area (Å²) in [5.41, 5.74) is 1.83. The first-order chi connectivity index (χ1) is 13.5. The Kier molecular flexibility index (Phi) is 5.13. The largest absolute Gasteiger partial charge is 0.396 e. The molecule has 1 aromatic heterocycles. The molecule has 146 valence electrons. The van der Waals surface area contributed by atoms with E-state index in [4.69, 9.17) is 11.6 Å². The third-order valence-corrected chi connectivity index (χ3v) is 5.80. The second-order valence-electron chi connectivity index (χ2n) is 7.71. The van der Waals surface area contributed by atoms with Crippen LogP contribution in [0.1, 0.15) is 28.9 Å². The zero-order valence-electron chi connectivity index (χ0n) is 15.4. The molecule has 28 heavy (non-hydrogen) atoms. The van der Waals surface area contributed by atoms with E-state index in [1.54, 1.807) is 17.0 Å². The van der Waals surface area contributed by atoms with Gasteiger partial charge in [-0.1, -0.05) is 23.7 Å². The predicted molar refractivity (Wildman–Crippen MR) is 108 cm³/mol. The maximum absolute atomic E-state index is 13.4. The fraction of sp³-hybridized carbons (Fsp3) is 0.318. The summed E-state index contributed by atoms with van der Waals surface area (Å²) < 4.78 is 13.4. The summed E-state index contributed by atoms with van der Waals surface area (Å²) in [4.78, 5) is 17.9. The smallest absolute Gasteiger partial charge is 0.270 e. The quantitative estimate of drug-likeness (QED) is 0.681. The molecule has 1 atom stereocenters. The Morgan fingerprint density at radius 1 is 1.25 bits per heavy atom. The SMILES string of the molecule is O=C(c1cc2cc(F)ccc2[nH]1)N1CCC[C@@](CO)(Cc2cccc(Cl)c2)C1. The van der Waals surface area contributed by atoms with Gasteiger partial charge in [0.2, 0.25) is 0 Å². The molecule has 1 aliphatic rings. The standard InChI is InChI=1S/C22H22ClFN2O2/c23-17-4-1-3-15(9-17)12-22(14-27)7-2-8-26(13-22)21(28)20-11-16-10-18(24)5-6-19(16)25-20/h1,3-6,9-11,25,27H,2,7-8,12-14H2/t22-/m1/s1. The van der Waals surface area contributed by atoms with Crippen LogP contribution in [-0.2, 0) is 6.42 Å². The molecule has 0 aliphatic carbocycles. The first-order valence-electron chi connectivity index (χ1n) is 9.41. The van der Waals surface area contributed by atoms with Gasteiger partial charge in [-0.3, -0.25) is 4.79 Å². The second kappa shape index (κ2) is 7.57. The molecule has 1 fully saturated rings.